The third kappa shape index (κ3) is 2.77. The first-order valence-corrected chi connectivity index (χ1v) is 6.49. The van der Waals surface area contributed by atoms with E-state index in [9.17, 15) is 5.11 Å². The van der Waals surface area contributed by atoms with Crippen LogP contribution in [0.1, 0.15) is 32.1 Å². The van der Waals surface area contributed by atoms with E-state index in [0.29, 0.717) is 11.9 Å². The molecular weight excluding hydrogens is 303 g/mol. The standard InChI is InChI=1S/C12H15IO2/c13-10-7-4-8-11(12(10)14)15-9-5-2-1-3-6-9/h4,7-9,14H,1-3,5-6H2. The predicted molar refractivity (Wildman–Crippen MR) is 68.3 cm³/mol. The second kappa shape index (κ2) is 5.05. The Morgan fingerprint density at radius 1 is 1.20 bits per heavy atom. The number of ether oxygens (including phenoxy) is 1. The molecule has 1 fully saturated rings. The summed E-state index contributed by atoms with van der Waals surface area (Å²) >= 11 is 2.11. The van der Waals surface area contributed by atoms with Gasteiger partial charge >= 0.3 is 0 Å². The summed E-state index contributed by atoms with van der Waals surface area (Å²) in [7, 11) is 0. The molecule has 82 valence electrons. The maximum absolute atomic E-state index is 9.80. The molecule has 0 bridgehead atoms. The Morgan fingerprint density at radius 2 is 1.93 bits per heavy atom. The van der Waals surface area contributed by atoms with Crippen LogP contribution in [0.4, 0.5) is 0 Å². The first kappa shape index (κ1) is 11.0. The summed E-state index contributed by atoms with van der Waals surface area (Å²) in [4.78, 5) is 0. The van der Waals surface area contributed by atoms with Crippen LogP contribution in [0, 0.1) is 3.57 Å². The van der Waals surface area contributed by atoms with Crippen molar-refractivity contribution < 1.29 is 9.84 Å². The monoisotopic (exact) mass is 318 g/mol. The number of hydrogen-bond acceptors (Lipinski definition) is 2. The maximum atomic E-state index is 9.80. The van der Waals surface area contributed by atoms with E-state index in [4.69, 9.17) is 4.74 Å². The molecule has 3 heteroatoms. The molecule has 0 saturated heterocycles. The number of benzene rings is 1. The molecule has 0 unspecified atom stereocenters. The first-order chi connectivity index (χ1) is 7.27. The molecule has 0 spiro atoms. The summed E-state index contributed by atoms with van der Waals surface area (Å²) in [5, 5.41) is 9.80. The number of phenols is 1. The van der Waals surface area contributed by atoms with Crippen molar-refractivity contribution in [3.63, 3.8) is 0 Å². The molecule has 0 aliphatic heterocycles. The highest BCUT2D eigenvalue weighted by Crippen LogP contribution is 2.33. The van der Waals surface area contributed by atoms with Crippen LogP contribution in [0.15, 0.2) is 18.2 Å². The lowest BCUT2D eigenvalue weighted by atomic mass is 9.98. The highest BCUT2D eigenvalue weighted by Gasteiger charge is 2.16. The highest BCUT2D eigenvalue weighted by molar-refractivity contribution is 14.1. The number of rotatable bonds is 2. The smallest absolute Gasteiger partial charge is 0.171 e. The van der Waals surface area contributed by atoms with Crippen LogP contribution in [0.5, 0.6) is 11.5 Å². The minimum absolute atomic E-state index is 0.281. The number of phenolic OH excluding ortho intramolecular Hbond substituents is 1. The van der Waals surface area contributed by atoms with Gasteiger partial charge in [0.2, 0.25) is 0 Å². The summed E-state index contributed by atoms with van der Waals surface area (Å²) in [5.41, 5.74) is 0. The summed E-state index contributed by atoms with van der Waals surface area (Å²) < 4.78 is 6.66. The van der Waals surface area contributed by atoms with Crippen LogP contribution in [0.2, 0.25) is 0 Å². The van der Waals surface area contributed by atoms with E-state index in [0.717, 1.165) is 16.4 Å². The summed E-state index contributed by atoms with van der Waals surface area (Å²) in [6.45, 7) is 0. The third-order valence-corrected chi connectivity index (χ3v) is 3.67. The van der Waals surface area contributed by atoms with Crippen LogP contribution in [0.3, 0.4) is 0 Å². The van der Waals surface area contributed by atoms with Gasteiger partial charge in [0.1, 0.15) is 0 Å². The molecule has 0 radical (unpaired) electrons. The lowest BCUT2D eigenvalue weighted by molar-refractivity contribution is 0.150. The number of hydrogen-bond donors (Lipinski definition) is 1. The van der Waals surface area contributed by atoms with Gasteiger partial charge in [-0.2, -0.15) is 0 Å². The van der Waals surface area contributed by atoms with Gasteiger partial charge < -0.3 is 9.84 Å². The Kier molecular flexibility index (Phi) is 3.72. The van der Waals surface area contributed by atoms with Gasteiger partial charge in [-0.3, -0.25) is 0 Å². The van der Waals surface area contributed by atoms with Crippen molar-refractivity contribution in [1.82, 2.24) is 0 Å². The van der Waals surface area contributed by atoms with Crippen molar-refractivity contribution in [2.45, 2.75) is 38.2 Å². The molecule has 2 rings (SSSR count). The molecule has 1 saturated carbocycles. The zero-order valence-electron chi connectivity index (χ0n) is 8.58. The Bertz CT molecular complexity index is 332. The van der Waals surface area contributed by atoms with Gasteiger partial charge in [-0.15, -0.1) is 0 Å². The second-order valence-corrected chi connectivity index (χ2v) is 5.13. The number of aromatic hydroxyl groups is 1. The largest absolute Gasteiger partial charge is 0.504 e. The fourth-order valence-electron chi connectivity index (χ4n) is 1.95. The van der Waals surface area contributed by atoms with Crippen molar-refractivity contribution in [2.75, 3.05) is 0 Å². The molecule has 0 amide bonds. The molecule has 15 heavy (non-hydrogen) atoms. The molecule has 0 heterocycles. The predicted octanol–water partition coefficient (Wildman–Crippen LogP) is 3.71. The molecular formula is C12H15IO2. The molecule has 1 aliphatic carbocycles. The average molecular weight is 318 g/mol. The third-order valence-electron chi connectivity index (χ3n) is 2.80. The first-order valence-electron chi connectivity index (χ1n) is 5.41. The van der Waals surface area contributed by atoms with Crippen LogP contribution < -0.4 is 4.74 Å². The quantitative estimate of drug-likeness (QED) is 0.843. The minimum Gasteiger partial charge on any atom is -0.504 e. The minimum atomic E-state index is 0.281. The average Bonchev–Trinajstić information content (AvgIpc) is 2.26. The summed E-state index contributed by atoms with van der Waals surface area (Å²) in [5.74, 6) is 0.914. The van der Waals surface area contributed by atoms with Crippen LogP contribution in [-0.4, -0.2) is 11.2 Å². The van der Waals surface area contributed by atoms with Gasteiger partial charge in [0.05, 0.1) is 9.67 Å². The van der Waals surface area contributed by atoms with E-state index in [2.05, 4.69) is 22.6 Å². The Balaban J connectivity index is 2.06. The maximum Gasteiger partial charge on any atom is 0.171 e. The second-order valence-electron chi connectivity index (χ2n) is 3.96. The van der Waals surface area contributed by atoms with E-state index >= 15 is 0 Å². The molecule has 1 N–H and O–H groups in total. The van der Waals surface area contributed by atoms with Crippen molar-refractivity contribution in [3.8, 4) is 11.5 Å². The van der Waals surface area contributed by atoms with E-state index in [-0.39, 0.29) is 5.75 Å². The van der Waals surface area contributed by atoms with Gasteiger partial charge in [0.15, 0.2) is 11.5 Å². The van der Waals surface area contributed by atoms with Gasteiger partial charge in [-0.25, -0.2) is 0 Å². The molecule has 2 nitrogen and oxygen atoms in total. The topological polar surface area (TPSA) is 29.5 Å². The van der Waals surface area contributed by atoms with E-state index < -0.39 is 0 Å². The molecule has 1 aromatic rings. The van der Waals surface area contributed by atoms with Gasteiger partial charge in [-0.05, 0) is 60.4 Å². The number of halogens is 1. The van der Waals surface area contributed by atoms with Crippen molar-refractivity contribution in [2.24, 2.45) is 0 Å². The molecule has 1 aromatic carbocycles. The van der Waals surface area contributed by atoms with Crippen molar-refractivity contribution in [3.05, 3.63) is 21.8 Å². The Labute approximate surface area is 104 Å². The Hall–Kier alpha value is -0.450. The zero-order valence-corrected chi connectivity index (χ0v) is 10.7. The van der Waals surface area contributed by atoms with Gasteiger partial charge in [-0.1, -0.05) is 12.5 Å². The SMILES string of the molecule is Oc1c(I)cccc1OC1CCCCC1. The molecule has 0 atom stereocenters. The zero-order chi connectivity index (χ0) is 10.7. The molecule has 1 aliphatic rings. The molecule has 0 aromatic heterocycles. The fourth-order valence-corrected chi connectivity index (χ4v) is 2.43. The normalized spacial score (nSPS) is 17.7. The van der Waals surface area contributed by atoms with Crippen LogP contribution in [0.25, 0.3) is 0 Å². The Morgan fingerprint density at radius 3 is 2.67 bits per heavy atom. The van der Waals surface area contributed by atoms with Gasteiger partial charge in [0.25, 0.3) is 0 Å². The van der Waals surface area contributed by atoms with Crippen LogP contribution >= 0.6 is 22.6 Å². The van der Waals surface area contributed by atoms with Crippen molar-refractivity contribution in [1.29, 1.82) is 0 Å². The van der Waals surface area contributed by atoms with Crippen LogP contribution in [-0.2, 0) is 0 Å². The highest BCUT2D eigenvalue weighted by atomic mass is 127. The summed E-state index contributed by atoms with van der Waals surface area (Å²) in [6, 6.07) is 5.63. The van der Waals surface area contributed by atoms with E-state index in [1.807, 2.05) is 18.2 Å². The lowest BCUT2D eigenvalue weighted by Gasteiger charge is -2.23. The van der Waals surface area contributed by atoms with E-state index in [1.165, 1.54) is 19.3 Å². The number of para-hydroxylation sites is 1. The summed E-state index contributed by atoms with van der Waals surface area (Å²) in [6.07, 6.45) is 6.33. The van der Waals surface area contributed by atoms with Gasteiger partial charge in [0, 0.05) is 0 Å². The lowest BCUT2D eigenvalue weighted by Crippen LogP contribution is -2.19. The fraction of sp³-hybridized carbons (Fsp3) is 0.500. The van der Waals surface area contributed by atoms with Crippen molar-refractivity contribution >= 4 is 22.6 Å². The van der Waals surface area contributed by atoms with E-state index in [1.54, 1.807) is 0 Å².